The number of piperidine rings is 1. The Morgan fingerprint density at radius 2 is 1.71 bits per heavy atom. The second kappa shape index (κ2) is 7.82. The summed E-state index contributed by atoms with van der Waals surface area (Å²) in [6, 6.07) is 8.09. The molecule has 1 aliphatic rings. The molecule has 1 saturated heterocycles. The van der Waals surface area contributed by atoms with Gasteiger partial charge in [-0.15, -0.1) is 0 Å². The molecule has 4 nitrogen and oxygen atoms in total. The minimum absolute atomic E-state index is 0.00987. The maximum absolute atomic E-state index is 12.4. The number of nitrogens with one attached hydrogen (secondary N) is 1. The third kappa shape index (κ3) is 4.83. The normalized spacial score (nSPS) is 16.1. The van der Waals surface area contributed by atoms with Gasteiger partial charge in [-0.25, -0.2) is 0 Å². The van der Waals surface area contributed by atoms with Crippen molar-refractivity contribution in [3.63, 3.8) is 0 Å². The maximum Gasteiger partial charge on any atom is 0.227 e. The highest BCUT2D eigenvalue weighted by atomic mass is 16.2. The van der Waals surface area contributed by atoms with Crippen molar-refractivity contribution in [1.82, 2.24) is 4.90 Å². The number of likely N-dealkylation sites (tertiary alicyclic amines) is 1. The van der Waals surface area contributed by atoms with E-state index in [2.05, 4.69) is 24.4 Å². The predicted molar refractivity (Wildman–Crippen MR) is 97.8 cm³/mol. The second-order valence-corrected chi connectivity index (χ2v) is 7.75. The van der Waals surface area contributed by atoms with Crippen LogP contribution in [0.25, 0.3) is 0 Å². The van der Waals surface area contributed by atoms with E-state index in [0.29, 0.717) is 13.1 Å². The molecule has 1 aromatic rings. The minimum atomic E-state index is -0.352. The Bertz CT molecular complexity index is 564. The van der Waals surface area contributed by atoms with E-state index in [0.717, 1.165) is 31.4 Å². The van der Waals surface area contributed by atoms with E-state index in [9.17, 15) is 9.59 Å². The lowest BCUT2D eigenvalue weighted by Crippen LogP contribution is -2.45. The number of amides is 2. The van der Waals surface area contributed by atoms with E-state index in [-0.39, 0.29) is 23.1 Å². The Hall–Kier alpha value is -1.84. The first kappa shape index (κ1) is 18.5. The highest BCUT2D eigenvalue weighted by molar-refractivity contribution is 5.92. The first-order valence-corrected chi connectivity index (χ1v) is 9.00. The Morgan fingerprint density at radius 1 is 1.12 bits per heavy atom. The molecule has 0 aromatic heterocycles. The third-order valence-corrected chi connectivity index (χ3v) is 4.55. The first-order chi connectivity index (χ1) is 11.3. The average Bonchev–Trinajstić information content (AvgIpc) is 2.55. The van der Waals surface area contributed by atoms with Crippen LogP contribution in [0.1, 0.15) is 52.5 Å². The number of nitrogens with zero attached hydrogens (tertiary/aromatic N) is 1. The smallest absolute Gasteiger partial charge is 0.227 e. The van der Waals surface area contributed by atoms with Gasteiger partial charge < -0.3 is 10.2 Å². The second-order valence-electron chi connectivity index (χ2n) is 7.75. The summed E-state index contributed by atoms with van der Waals surface area (Å²) < 4.78 is 0. The fraction of sp³-hybridized carbons (Fsp3) is 0.600. The van der Waals surface area contributed by atoms with Crippen molar-refractivity contribution in [2.75, 3.05) is 18.4 Å². The van der Waals surface area contributed by atoms with E-state index in [1.807, 2.05) is 37.8 Å². The van der Waals surface area contributed by atoms with Crippen LogP contribution >= 0.6 is 0 Å². The largest absolute Gasteiger partial charge is 0.342 e. The summed E-state index contributed by atoms with van der Waals surface area (Å²) in [6.45, 7) is 9.32. The highest BCUT2D eigenvalue weighted by Gasteiger charge is 2.32. The molecule has 132 valence electrons. The molecule has 0 radical (unpaired) electrons. The molecule has 1 fully saturated rings. The fourth-order valence-electron chi connectivity index (χ4n) is 3.11. The lowest BCUT2D eigenvalue weighted by atomic mass is 9.90. The highest BCUT2D eigenvalue weighted by Crippen LogP contribution is 2.24. The topological polar surface area (TPSA) is 49.4 Å². The number of anilines is 1. The Kier molecular flexibility index (Phi) is 6.03. The summed E-state index contributed by atoms with van der Waals surface area (Å²) in [5, 5.41) is 3.01. The first-order valence-electron chi connectivity index (χ1n) is 9.00. The van der Waals surface area contributed by atoms with Gasteiger partial charge in [0.2, 0.25) is 11.8 Å². The van der Waals surface area contributed by atoms with Crippen LogP contribution in [0.4, 0.5) is 5.69 Å². The monoisotopic (exact) mass is 330 g/mol. The zero-order valence-electron chi connectivity index (χ0n) is 15.4. The van der Waals surface area contributed by atoms with Crippen molar-refractivity contribution in [3.8, 4) is 0 Å². The lowest BCUT2D eigenvalue weighted by molar-refractivity contribution is -0.142. The summed E-state index contributed by atoms with van der Waals surface area (Å²) in [5.74, 6) is 0.235. The van der Waals surface area contributed by atoms with E-state index >= 15 is 0 Å². The van der Waals surface area contributed by atoms with E-state index in [1.54, 1.807) is 0 Å². The van der Waals surface area contributed by atoms with Crippen molar-refractivity contribution < 1.29 is 9.59 Å². The summed E-state index contributed by atoms with van der Waals surface area (Å²) in [7, 11) is 0. The number of rotatable bonds is 4. The molecule has 1 aromatic carbocycles. The van der Waals surface area contributed by atoms with Crippen LogP contribution in [0.15, 0.2) is 24.3 Å². The van der Waals surface area contributed by atoms with Gasteiger partial charge in [-0.2, -0.15) is 0 Å². The van der Waals surface area contributed by atoms with Crippen LogP contribution in [-0.2, 0) is 16.0 Å². The number of benzene rings is 1. The van der Waals surface area contributed by atoms with Crippen LogP contribution in [0.5, 0.6) is 0 Å². The fourth-order valence-corrected chi connectivity index (χ4v) is 3.11. The van der Waals surface area contributed by atoms with Gasteiger partial charge in [-0.1, -0.05) is 46.2 Å². The predicted octanol–water partition coefficient (Wildman–Crippen LogP) is 3.86. The zero-order valence-corrected chi connectivity index (χ0v) is 15.4. The van der Waals surface area contributed by atoms with Crippen LogP contribution in [0.2, 0.25) is 0 Å². The summed E-state index contributed by atoms with van der Waals surface area (Å²) >= 11 is 0. The van der Waals surface area contributed by atoms with Gasteiger partial charge in [-0.05, 0) is 37.0 Å². The van der Waals surface area contributed by atoms with Crippen LogP contribution < -0.4 is 5.32 Å². The van der Waals surface area contributed by atoms with Crippen molar-refractivity contribution in [1.29, 1.82) is 0 Å². The van der Waals surface area contributed by atoms with Gasteiger partial charge in [0.15, 0.2) is 0 Å². The number of carbonyl (C=O) groups excluding carboxylic acids is 2. The minimum Gasteiger partial charge on any atom is -0.342 e. The van der Waals surface area contributed by atoms with Crippen molar-refractivity contribution in [2.45, 2.75) is 53.4 Å². The van der Waals surface area contributed by atoms with Gasteiger partial charge in [0.1, 0.15) is 0 Å². The number of carbonyl (C=O) groups is 2. The number of hydrogen-bond acceptors (Lipinski definition) is 2. The summed E-state index contributed by atoms with van der Waals surface area (Å²) in [6.07, 6.45) is 3.66. The van der Waals surface area contributed by atoms with E-state index in [1.165, 1.54) is 5.56 Å². The van der Waals surface area contributed by atoms with Crippen molar-refractivity contribution >= 4 is 17.5 Å². The zero-order chi connectivity index (χ0) is 17.7. The maximum atomic E-state index is 12.4. The molecule has 4 heteroatoms. The van der Waals surface area contributed by atoms with Crippen LogP contribution in [0, 0.1) is 11.3 Å². The molecule has 0 aliphatic carbocycles. The molecule has 0 unspecified atom stereocenters. The molecule has 2 rings (SSSR count). The van der Waals surface area contributed by atoms with Gasteiger partial charge in [0, 0.05) is 30.1 Å². The van der Waals surface area contributed by atoms with Crippen LogP contribution in [0.3, 0.4) is 0 Å². The summed E-state index contributed by atoms with van der Waals surface area (Å²) in [5.41, 5.74) is 1.80. The van der Waals surface area contributed by atoms with Gasteiger partial charge in [0.25, 0.3) is 0 Å². The van der Waals surface area contributed by atoms with Crippen molar-refractivity contribution in [2.24, 2.45) is 11.3 Å². The molecule has 0 bridgehead atoms. The molecule has 1 aliphatic heterocycles. The van der Waals surface area contributed by atoms with Crippen LogP contribution in [-0.4, -0.2) is 29.8 Å². The van der Waals surface area contributed by atoms with Gasteiger partial charge in [0.05, 0.1) is 0 Å². The summed E-state index contributed by atoms with van der Waals surface area (Å²) in [4.78, 5) is 26.6. The molecular weight excluding hydrogens is 300 g/mol. The molecular formula is C20H30N2O2. The number of hydrogen-bond donors (Lipinski definition) is 1. The van der Waals surface area contributed by atoms with E-state index in [4.69, 9.17) is 0 Å². The molecule has 1 N–H and O–H groups in total. The molecule has 0 saturated carbocycles. The quantitative estimate of drug-likeness (QED) is 0.911. The van der Waals surface area contributed by atoms with E-state index < -0.39 is 0 Å². The molecule has 2 amide bonds. The van der Waals surface area contributed by atoms with Gasteiger partial charge in [-0.3, -0.25) is 9.59 Å². The lowest BCUT2D eigenvalue weighted by Gasteiger charge is -2.35. The standard InChI is InChI=1S/C20H30N2O2/c1-5-6-15-7-9-17(10-8-15)21-18(23)16-11-13-22(14-12-16)19(24)20(2,3)4/h7-10,16H,5-6,11-14H2,1-4H3,(H,21,23). The third-order valence-electron chi connectivity index (χ3n) is 4.55. The Labute approximate surface area is 145 Å². The van der Waals surface area contributed by atoms with Gasteiger partial charge >= 0.3 is 0 Å². The Morgan fingerprint density at radius 3 is 2.21 bits per heavy atom. The molecule has 0 spiro atoms. The Balaban J connectivity index is 1.85. The number of aryl methyl sites for hydroxylation is 1. The SMILES string of the molecule is CCCc1ccc(NC(=O)C2CCN(C(=O)C(C)(C)C)CC2)cc1. The molecule has 0 atom stereocenters. The molecule has 24 heavy (non-hydrogen) atoms. The average molecular weight is 330 g/mol. The molecule has 1 heterocycles. The van der Waals surface area contributed by atoms with Crippen molar-refractivity contribution in [3.05, 3.63) is 29.8 Å².